The molecule has 0 fully saturated rings. The molecular formula is C15H12O5. The third-order valence-electron chi connectivity index (χ3n) is 3.34. The van der Waals surface area contributed by atoms with Crippen LogP contribution in [0.1, 0.15) is 37.4 Å². The van der Waals surface area contributed by atoms with E-state index in [-0.39, 0.29) is 39.2 Å². The first-order valence-corrected chi connectivity index (χ1v) is 5.76. The third kappa shape index (κ3) is 1.60. The molecule has 102 valence electrons. The smallest absolute Gasteiger partial charge is 0.198 e. The Kier molecular flexibility index (Phi) is 3.07. The van der Waals surface area contributed by atoms with Gasteiger partial charge in [0, 0.05) is 11.1 Å². The molecule has 2 aromatic carbocycles. The van der Waals surface area contributed by atoms with Crippen LogP contribution < -0.4 is 0 Å². The average Bonchev–Trinajstić information content (AvgIpc) is 2.40. The van der Waals surface area contributed by atoms with Gasteiger partial charge in [-0.3, -0.25) is 9.59 Å². The summed E-state index contributed by atoms with van der Waals surface area (Å²) in [5.41, 5.74) is 0.628. The molecule has 0 spiro atoms. The number of carbonyl (C=O) groups is 2. The predicted molar refractivity (Wildman–Crippen MR) is 71.4 cm³/mol. The summed E-state index contributed by atoms with van der Waals surface area (Å²) in [7, 11) is 0. The van der Waals surface area contributed by atoms with Gasteiger partial charge in [0.1, 0.15) is 11.5 Å². The van der Waals surface area contributed by atoms with E-state index >= 15 is 0 Å². The van der Waals surface area contributed by atoms with Crippen LogP contribution in [0.3, 0.4) is 0 Å². The summed E-state index contributed by atoms with van der Waals surface area (Å²) in [4.78, 5) is 24.7. The van der Waals surface area contributed by atoms with Crippen LogP contribution in [0.5, 0.6) is 11.5 Å². The molecule has 0 atom stereocenters. The van der Waals surface area contributed by atoms with Crippen molar-refractivity contribution in [1.29, 1.82) is 0 Å². The summed E-state index contributed by atoms with van der Waals surface area (Å²) in [6.45, 7) is 1.56. The molecule has 5 heteroatoms. The van der Waals surface area contributed by atoms with Crippen molar-refractivity contribution in [2.45, 2.75) is 6.92 Å². The number of ketones is 2. The molecule has 0 heterocycles. The van der Waals surface area contributed by atoms with Gasteiger partial charge in [-0.2, -0.15) is 0 Å². The van der Waals surface area contributed by atoms with Gasteiger partial charge >= 0.3 is 0 Å². The number of hydrogen-bond acceptors (Lipinski definition) is 4. The Labute approximate surface area is 114 Å². The highest BCUT2D eigenvalue weighted by Gasteiger charge is 2.34. The number of carbonyl (C=O) groups excluding carboxylic acids is 2. The Balaban J connectivity index is 0.00000147. The molecule has 0 saturated heterocycles. The van der Waals surface area contributed by atoms with Crippen LogP contribution >= 0.6 is 0 Å². The number of hydrogen-bond donors (Lipinski definition) is 2. The summed E-state index contributed by atoms with van der Waals surface area (Å²) in [5.74, 6) is -1.42. The maximum Gasteiger partial charge on any atom is 0.198 e. The number of phenolic OH excluding ortho intramolecular Hbond substituents is 2. The van der Waals surface area contributed by atoms with Crippen molar-refractivity contribution in [3.05, 3.63) is 58.1 Å². The molecule has 0 aliphatic heterocycles. The summed E-state index contributed by atoms with van der Waals surface area (Å²) >= 11 is 0. The van der Waals surface area contributed by atoms with E-state index in [0.717, 1.165) is 0 Å². The van der Waals surface area contributed by atoms with Crippen molar-refractivity contribution < 1.29 is 25.3 Å². The zero-order valence-corrected chi connectivity index (χ0v) is 10.6. The molecule has 0 unspecified atom stereocenters. The van der Waals surface area contributed by atoms with E-state index in [9.17, 15) is 19.8 Å². The number of rotatable bonds is 0. The van der Waals surface area contributed by atoms with Gasteiger partial charge in [0.25, 0.3) is 0 Å². The normalized spacial score (nSPS) is 12.4. The third-order valence-corrected chi connectivity index (χ3v) is 3.34. The van der Waals surface area contributed by atoms with Crippen molar-refractivity contribution in [2.75, 3.05) is 0 Å². The molecular weight excluding hydrogens is 260 g/mol. The van der Waals surface area contributed by atoms with E-state index in [0.29, 0.717) is 5.56 Å². The largest absolute Gasteiger partial charge is 0.507 e. The van der Waals surface area contributed by atoms with Crippen molar-refractivity contribution in [2.24, 2.45) is 0 Å². The standard InChI is InChI=1S/C15H10O4.H2O/c1-7-6-10(16)11-12(13(7)17)15(19)9-5-3-2-4-8(9)14(11)18;/h2-6,16-17H,1H3;1H2. The second-order valence-corrected chi connectivity index (χ2v) is 4.52. The molecule has 0 bridgehead atoms. The van der Waals surface area contributed by atoms with Crippen molar-refractivity contribution in [1.82, 2.24) is 0 Å². The maximum atomic E-state index is 12.4. The van der Waals surface area contributed by atoms with Gasteiger partial charge < -0.3 is 15.7 Å². The van der Waals surface area contributed by atoms with Crippen LogP contribution in [-0.4, -0.2) is 27.3 Å². The molecule has 3 rings (SSSR count). The molecule has 1 aliphatic carbocycles. The lowest BCUT2D eigenvalue weighted by atomic mass is 9.82. The SMILES string of the molecule is Cc1cc(O)c2c(c1O)C(=O)c1ccccc1C2=O.O. The van der Waals surface area contributed by atoms with E-state index in [4.69, 9.17) is 0 Å². The number of fused-ring (bicyclic) bond motifs is 2. The minimum absolute atomic E-state index is 0. The Morgan fingerprint density at radius 3 is 1.95 bits per heavy atom. The zero-order valence-electron chi connectivity index (χ0n) is 10.6. The molecule has 5 nitrogen and oxygen atoms in total. The first-order chi connectivity index (χ1) is 9.02. The van der Waals surface area contributed by atoms with Crippen LogP contribution in [0.25, 0.3) is 0 Å². The second-order valence-electron chi connectivity index (χ2n) is 4.52. The number of aryl methyl sites for hydroxylation is 1. The van der Waals surface area contributed by atoms with Gasteiger partial charge in [0.2, 0.25) is 0 Å². The average molecular weight is 272 g/mol. The van der Waals surface area contributed by atoms with Gasteiger partial charge in [0.05, 0.1) is 11.1 Å². The van der Waals surface area contributed by atoms with Crippen molar-refractivity contribution >= 4 is 11.6 Å². The highest BCUT2D eigenvalue weighted by molar-refractivity contribution is 6.30. The number of phenols is 2. The minimum Gasteiger partial charge on any atom is -0.507 e. The molecule has 0 saturated carbocycles. The summed E-state index contributed by atoms with van der Waals surface area (Å²) in [5, 5.41) is 19.9. The highest BCUT2D eigenvalue weighted by Crippen LogP contribution is 2.39. The zero-order chi connectivity index (χ0) is 13.7. The Morgan fingerprint density at radius 2 is 1.40 bits per heavy atom. The fraction of sp³-hybridized carbons (Fsp3) is 0.0667. The van der Waals surface area contributed by atoms with Crippen molar-refractivity contribution in [3.8, 4) is 11.5 Å². The number of aromatic hydroxyl groups is 2. The summed E-state index contributed by atoms with van der Waals surface area (Å²) in [6.07, 6.45) is 0. The monoisotopic (exact) mass is 272 g/mol. The minimum atomic E-state index is -0.446. The van der Waals surface area contributed by atoms with Crippen LogP contribution in [-0.2, 0) is 0 Å². The summed E-state index contributed by atoms with van der Waals surface area (Å²) in [6, 6.07) is 7.67. The lowest BCUT2D eigenvalue weighted by Crippen LogP contribution is -2.21. The lowest BCUT2D eigenvalue weighted by molar-refractivity contribution is 0.0974. The molecule has 0 amide bonds. The molecule has 0 aromatic heterocycles. The van der Waals surface area contributed by atoms with Crippen LogP contribution in [0.15, 0.2) is 30.3 Å². The van der Waals surface area contributed by atoms with E-state index in [2.05, 4.69) is 0 Å². The first-order valence-electron chi connectivity index (χ1n) is 5.76. The van der Waals surface area contributed by atoms with Crippen LogP contribution in [0.4, 0.5) is 0 Å². The fourth-order valence-electron chi connectivity index (χ4n) is 2.39. The van der Waals surface area contributed by atoms with E-state index in [1.54, 1.807) is 19.1 Å². The second kappa shape index (κ2) is 4.47. The van der Waals surface area contributed by atoms with Gasteiger partial charge in [-0.1, -0.05) is 24.3 Å². The molecule has 4 N–H and O–H groups in total. The Bertz CT molecular complexity index is 746. The molecule has 1 aliphatic rings. The summed E-state index contributed by atoms with van der Waals surface area (Å²) < 4.78 is 0. The fourth-order valence-corrected chi connectivity index (χ4v) is 2.39. The molecule has 0 radical (unpaired) electrons. The predicted octanol–water partition coefficient (Wildman–Crippen LogP) is 1.36. The molecule has 2 aromatic rings. The van der Waals surface area contributed by atoms with Gasteiger partial charge in [-0.05, 0) is 18.6 Å². The molecule has 20 heavy (non-hydrogen) atoms. The van der Waals surface area contributed by atoms with Crippen molar-refractivity contribution in [3.63, 3.8) is 0 Å². The first kappa shape index (κ1) is 13.8. The van der Waals surface area contributed by atoms with E-state index in [1.165, 1.54) is 18.2 Å². The van der Waals surface area contributed by atoms with E-state index in [1.807, 2.05) is 0 Å². The lowest BCUT2D eigenvalue weighted by Gasteiger charge is -2.20. The van der Waals surface area contributed by atoms with Gasteiger partial charge in [0.15, 0.2) is 11.6 Å². The maximum absolute atomic E-state index is 12.4. The number of benzene rings is 2. The quantitative estimate of drug-likeness (QED) is 0.602. The highest BCUT2D eigenvalue weighted by atomic mass is 16.3. The Hall–Kier alpha value is -2.66. The van der Waals surface area contributed by atoms with Gasteiger partial charge in [-0.25, -0.2) is 0 Å². The van der Waals surface area contributed by atoms with Crippen LogP contribution in [0.2, 0.25) is 0 Å². The van der Waals surface area contributed by atoms with Gasteiger partial charge in [-0.15, -0.1) is 0 Å². The van der Waals surface area contributed by atoms with Crippen LogP contribution in [0, 0.1) is 6.92 Å². The topological polar surface area (TPSA) is 106 Å². The van der Waals surface area contributed by atoms with E-state index < -0.39 is 11.6 Å². The Morgan fingerprint density at radius 1 is 0.900 bits per heavy atom.